The summed E-state index contributed by atoms with van der Waals surface area (Å²) in [5, 5.41) is 23.2. The number of rotatable bonds is 8. The van der Waals surface area contributed by atoms with Gasteiger partial charge < -0.3 is 15.2 Å². The summed E-state index contributed by atoms with van der Waals surface area (Å²) in [6, 6.07) is 9.83. The van der Waals surface area contributed by atoms with Crippen molar-refractivity contribution < 1.29 is 23.2 Å². The molecular weight excluding hydrogens is 362 g/mol. The Labute approximate surface area is 150 Å². The van der Waals surface area contributed by atoms with Crippen molar-refractivity contribution in [2.75, 3.05) is 23.7 Å². The molecule has 0 aliphatic heterocycles. The molecule has 26 heavy (non-hydrogen) atoms. The van der Waals surface area contributed by atoms with Crippen LogP contribution in [0.1, 0.15) is 6.92 Å². The van der Waals surface area contributed by atoms with Gasteiger partial charge in [-0.25, -0.2) is 8.42 Å². The lowest BCUT2D eigenvalue weighted by Gasteiger charge is -2.16. The molecule has 0 saturated carbocycles. The zero-order valence-corrected chi connectivity index (χ0v) is 15.0. The second-order valence-corrected chi connectivity index (χ2v) is 7.12. The summed E-state index contributed by atoms with van der Waals surface area (Å²) >= 11 is 0. The number of anilines is 2. The number of hydrogen-bond acceptors (Lipinski definition) is 7. The van der Waals surface area contributed by atoms with Crippen LogP contribution >= 0.6 is 0 Å². The number of non-ortho nitro benzene ring substituents is 1. The van der Waals surface area contributed by atoms with E-state index in [0.29, 0.717) is 5.75 Å². The summed E-state index contributed by atoms with van der Waals surface area (Å²) in [6.45, 7) is 1.61. The number of aliphatic hydroxyl groups is 1. The third-order valence-corrected chi connectivity index (χ3v) is 4.81. The number of para-hydroxylation sites is 2. The molecule has 0 aromatic heterocycles. The van der Waals surface area contributed by atoms with Gasteiger partial charge >= 0.3 is 0 Å². The predicted molar refractivity (Wildman–Crippen MR) is 97.1 cm³/mol. The number of nitro groups is 1. The van der Waals surface area contributed by atoms with Crippen LogP contribution in [0.5, 0.6) is 5.75 Å². The smallest absolute Gasteiger partial charge is 0.270 e. The second kappa shape index (κ2) is 8.02. The average Bonchev–Trinajstić information content (AvgIpc) is 2.59. The highest BCUT2D eigenvalue weighted by molar-refractivity contribution is 7.93. The van der Waals surface area contributed by atoms with Crippen molar-refractivity contribution in [3.8, 4) is 5.75 Å². The Morgan fingerprint density at radius 1 is 1.23 bits per heavy atom. The molecule has 0 saturated heterocycles. The number of hydrogen-bond donors (Lipinski definition) is 3. The molecule has 2 aromatic carbocycles. The largest absolute Gasteiger partial charge is 0.495 e. The molecule has 9 nitrogen and oxygen atoms in total. The van der Waals surface area contributed by atoms with Gasteiger partial charge in [-0.2, -0.15) is 0 Å². The third kappa shape index (κ3) is 4.61. The highest BCUT2D eigenvalue weighted by atomic mass is 32.2. The number of nitrogens with one attached hydrogen (secondary N) is 2. The van der Waals surface area contributed by atoms with E-state index in [0.717, 1.165) is 6.07 Å². The van der Waals surface area contributed by atoms with E-state index in [-0.39, 0.29) is 28.5 Å². The molecule has 0 aliphatic carbocycles. The van der Waals surface area contributed by atoms with Crippen molar-refractivity contribution in [1.29, 1.82) is 0 Å². The van der Waals surface area contributed by atoms with Crippen LogP contribution in [0.2, 0.25) is 0 Å². The van der Waals surface area contributed by atoms with Crippen LogP contribution in [0.4, 0.5) is 17.1 Å². The quantitative estimate of drug-likeness (QED) is 0.472. The van der Waals surface area contributed by atoms with Crippen LogP contribution in [0.3, 0.4) is 0 Å². The van der Waals surface area contributed by atoms with Crippen LogP contribution < -0.4 is 14.8 Å². The number of nitro benzene ring substituents is 1. The molecule has 0 heterocycles. The summed E-state index contributed by atoms with van der Waals surface area (Å²) in [7, 11) is -2.76. The molecule has 0 bridgehead atoms. The maximum atomic E-state index is 12.8. The first-order valence-electron chi connectivity index (χ1n) is 7.61. The van der Waals surface area contributed by atoms with Gasteiger partial charge in [0.25, 0.3) is 15.7 Å². The van der Waals surface area contributed by atoms with Crippen LogP contribution in [0.15, 0.2) is 47.4 Å². The van der Waals surface area contributed by atoms with Gasteiger partial charge in [-0.05, 0) is 25.1 Å². The average molecular weight is 381 g/mol. The van der Waals surface area contributed by atoms with Gasteiger partial charge in [0.15, 0.2) is 0 Å². The number of ether oxygens (including phenoxy) is 1. The standard InChI is InChI=1S/C16H19N3O6S/c1-11(20)10-17-14-8-7-12(19(21)22)9-16(14)26(23,24)18-13-5-3-4-6-15(13)25-2/h3-9,11,17-18,20H,10H2,1-2H3/t11-/m0/s1. The molecule has 0 unspecified atom stereocenters. The van der Waals surface area contributed by atoms with E-state index in [1.807, 2.05) is 0 Å². The normalized spacial score (nSPS) is 12.3. The molecule has 0 amide bonds. The predicted octanol–water partition coefficient (Wildman–Crippen LogP) is 2.20. The third-order valence-electron chi connectivity index (χ3n) is 3.40. The first-order chi connectivity index (χ1) is 12.2. The highest BCUT2D eigenvalue weighted by Gasteiger charge is 2.23. The molecular formula is C16H19N3O6S. The van der Waals surface area contributed by atoms with Crippen LogP contribution in [-0.2, 0) is 10.0 Å². The molecule has 0 spiro atoms. The molecule has 10 heteroatoms. The number of sulfonamides is 1. The van der Waals surface area contributed by atoms with Crippen molar-refractivity contribution >= 4 is 27.1 Å². The van der Waals surface area contributed by atoms with Crippen molar-refractivity contribution in [1.82, 2.24) is 0 Å². The number of methoxy groups -OCH3 is 1. The zero-order chi connectivity index (χ0) is 19.3. The van der Waals surface area contributed by atoms with Gasteiger partial charge in [0.05, 0.1) is 29.5 Å². The van der Waals surface area contributed by atoms with Gasteiger partial charge in [0.1, 0.15) is 10.6 Å². The number of aliphatic hydroxyl groups excluding tert-OH is 1. The van der Waals surface area contributed by atoms with Gasteiger partial charge in [0, 0.05) is 18.7 Å². The van der Waals surface area contributed by atoms with E-state index in [1.54, 1.807) is 18.2 Å². The number of benzene rings is 2. The SMILES string of the molecule is COc1ccccc1NS(=O)(=O)c1cc([N+](=O)[O-])ccc1NC[C@H](C)O. The Morgan fingerprint density at radius 3 is 2.54 bits per heavy atom. The zero-order valence-electron chi connectivity index (χ0n) is 14.2. The maximum Gasteiger partial charge on any atom is 0.270 e. The molecule has 2 rings (SSSR count). The van der Waals surface area contributed by atoms with Crippen LogP contribution in [0, 0.1) is 10.1 Å². The van der Waals surface area contributed by atoms with Crippen molar-refractivity contribution in [2.24, 2.45) is 0 Å². The summed E-state index contributed by atoms with van der Waals surface area (Å²) < 4.78 is 33.1. The lowest BCUT2D eigenvalue weighted by Crippen LogP contribution is -2.20. The van der Waals surface area contributed by atoms with E-state index < -0.39 is 21.1 Å². The lowest BCUT2D eigenvalue weighted by molar-refractivity contribution is -0.385. The molecule has 2 aromatic rings. The number of nitrogens with zero attached hydrogens (tertiary/aromatic N) is 1. The lowest BCUT2D eigenvalue weighted by atomic mass is 10.2. The topological polar surface area (TPSA) is 131 Å². The van der Waals surface area contributed by atoms with E-state index in [2.05, 4.69) is 10.0 Å². The Morgan fingerprint density at radius 2 is 1.92 bits per heavy atom. The fraction of sp³-hybridized carbons (Fsp3) is 0.250. The minimum atomic E-state index is -4.16. The summed E-state index contributed by atoms with van der Waals surface area (Å²) in [5.41, 5.74) is -0.0325. The van der Waals surface area contributed by atoms with Crippen LogP contribution in [0.25, 0.3) is 0 Å². The van der Waals surface area contributed by atoms with Gasteiger partial charge in [-0.15, -0.1) is 0 Å². The van der Waals surface area contributed by atoms with E-state index in [4.69, 9.17) is 4.74 Å². The van der Waals surface area contributed by atoms with Crippen molar-refractivity contribution in [2.45, 2.75) is 17.9 Å². The molecule has 0 fully saturated rings. The van der Waals surface area contributed by atoms with Crippen molar-refractivity contribution in [3.05, 3.63) is 52.6 Å². The Hall–Kier alpha value is -2.85. The minimum Gasteiger partial charge on any atom is -0.495 e. The fourth-order valence-corrected chi connectivity index (χ4v) is 3.45. The summed E-state index contributed by atoms with van der Waals surface area (Å²) in [4.78, 5) is 10.0. The van der Waals surface area contributed by atoms with Gasteiger partial charge in [0.2, 0.25) is 0 Å². The molecule has 0 radical (unpaired) electrons. The van der Waals surface area contributed by atoms with Crippen molar-refractivity contribution in [3.63, 3.8) is 0 Å². The van der Waals surface area contributed by atoms with Crippen LogP contribution in [-0.4, -0.2) is 38.2 Å². The highest BCUT2D eigenvalue weighted by Crippen LogP contribution is 2.31. The summed E-state index contributed by atoms with van der Waals surface area (Å²) in [5.74, 6) is 0.306. The van der Waals surface area contributed by atoms with Gasteiger partial charge in [-0.1, -0.05) is 12.1 Å². The van der Waals surface area contributed by atoms with E-state index in [1.165, 1.54) is 32.2 Å². The van der Waals surface area contributed by atoms with E-state index in [9.17, 15) is 23.6 Å². The monoisotopic (exact) mass is 381 g/mol. The Bertz CT molecular complexity index is 899. The molecule has 0 aliphatic rings. The molecule has 140 valence electrons. The maximum absolute atomic E-state index is 12.8. The van der Waals surface area contributed by atoms with Gasteiger partial charge in [-0.3, -0.25) is 14.8 Å². The molecule has 3 N–H and O–H groups in total. The Balaban J connectivity index is 2.48. The fourth-order valence-electron chi connectivity index (χ4n) is 2.18. The van der Waals surface area contributed by atoms with E-state index >= 15 is 0 Å². The first kappa shape index (κ1) is 19.5. The molecule has 1 atom stereocenters. The second-order valence-electron chi connectivity index (χ2n) is 5.47. The summed E-state index contributed by atoms with van der Waals surface area (Å²) in [6.07, 6.45) is -0.733. The minimum absolute atomic E-state index is 0.0784. The Kier molecular flexibility index (Phi) is 6.01. The first-order valence-corrected chi connectivity index (χ1v) is 9.09.